The summed E-state index contributed by atoms with van der Waals surface area (Å²) < 4.78 is 31.3. The van der Waals surface area contributed by atoms with Gasteiger partial charge in [-0.15, -0.1) is 0 Å². The molecule has 536 valence electrons. The first kappa shape index (κ1) is 72.2. The third-order valence-electron chi connectivity index (χ3n) is 22.9. The summed E-state index contributed by atoms with van der Waals surface area (Å²) in [4.78, 5) is 117. The van der Waals surface area contributed by atoms with E-state index in [0.717, 1.165) is 115 Å². The van der Waals surface area contributed by atoms with Crippen molar-refractivity contribution in [3.63, 3.8) is 0 Å². The third-order valence-corrected chi connectivity index (χ3v) is 22.9. The molecule has 7 fully saturated rings. The number of hydrogen-bond donors (Lipinski definition) is 8. The smallest absolute Gasteiger partial charge is 0.246 e. The van der Waals surface area contributed by atoms with Crippen molar-refractivity contribution < 1.29 is 42.3 Å². The van der Waals surface area contributed by atoms with E-state index in [-0.39, 0.29) is 96.8 Å². The number of nitrogens with zero attached hydrogens (tertiary/aromatic N) is 8. The maximum absolute atomic E-state index is 15.8. The number of amides is 7. The third kappa shape index (κ3) is 18.7. The zero-order valence-electron chi connectivity index (χ0n) is 58.5. The predicted molar refractivity (Wildman–Crippen MR) is 373 cm³/mol. The van der Waals surface area contributed by atoms with Gasteiger partial charge in [-0.25, -0.2) is 18.7 Å². The predicted octanol–water partition coefficient (Wildman–Crippen LogP) is 5.15. The average molecular weight is 1360 g/mol. The van der Waals surface area contributed by atoms with Gasteiger partial charge in [0.1, 0.15) is 41.7 Å². The lowest BCUT2D eigenvalue weighted by Gasteiger charge is -2.48. The van der Waals surface area contributed by atoms with E-state index in [9.17, 15) is 33.6 Å². The Morgan fingerprint density at radius 3 is 2.24 bits per heavy atom. The Morgan fingerprint density at radius 2 is 1.49 bits per heavy atom. The van der Waals surface area contributed by atoms with Crippen LogP contribution in [0.1, 0.15) is 159 Å². The van der Waals surface area contributed by atoms with E-state index >= 15 is 8.78 Å². The van der Waals surface area contributed by atoms with E-state index < -0.39 is 41.3 Å². The van der Waals surface area contributed by atoms with E-state index in [1.54, 1.807) is 23.8 Å². The molecule has 1 spiro atoms. The van der Waals surface area contributed by atoms with Crippen LogP contribution in [0.4, 0.5) is 26.1 Å². The van der Waals surface area contributed by atoms with Crippen molar-refractivity contribution in [1.29, 1.82) is 0 Å². The Bertz CT molecular complexity index is 3270. The number of carbonyl (C=O) groups excluding carboxylic acids is 7. The number of rotatable bonds is 27. The Morgan fingerprint density at radius 1 is 0.765 bits per heavy atom. The molecule has 8 atom stereocenters. The number of aryl methyl sites for hydroxylation is 1. The number of benzene rings is 2. The maximum atomic E-state index is 15.8. The first-order valence-electron chi connectivity index (χ1n) is 36.7. The van der Waals surface area contributed by atoms with Crippen LogP contribution in [-0.2, 0) is 46.5 Å². The minimum atomic E-state index is -0.854. The number of piperidine rings is 2. The van der Waals surface area contributed by atoms with Crippen molar-refractivity contribution in [2.24, 2.45) is 23.2 Å². The summed E-state index contributed by atoms with van der Waals surface area (Å²) in [5.41, 5.74) is 2.41. The van der Waals surface area contributed by atoms with E-state index in [1.807, 2.05) is 24.3 Å². The van der Waals surface area contributed by atoms with Crippen molar-refractivity contribution in [2.75, 3.05) is 121 Å². The van der Waals surface area contributed by atoms with Crippen molar-refractivity contribution in [3.8, 4) is 0 Å². The second kappa shape index (κ2) is 32.9. The highest BCUT2D eigenvalue weighted by molar-refractivity contribution is 5.94. The van der Waals surface area contributed by atoms with Gasteiger partial charge in [0.05, 0.1) is 29.9 Å². The topological polar surface area (TPSA) is 261 Å². The summed E-state index contributed by atoms with van der Waals surface area (Å²) >= 11 is 0. The molecule has 25 heteroatoms. The average Bonchev–Trinajstić information content (AvgIpc) is 0.936. The van der Waals surface area contributed by atoms with Crippen LogP contribution < -0.4 is 52.3 Å². The lowest BCUT2D eigenvalue weighted by Crippen LogP contribution is -2.66. The van der Waals surface area contributed by atoms with Crippen molar-refractivity contribution in [1.82, 2.24) is 66.8 Å². The lowest BCUT2D eigenvalue weighted by atomic mass is 9.82. The summed E-state index contributed by atoms with van der Waals surface area (Å²) in [5.74, 6) is -0.0783. The molecule has 8 N–H and O–H groups in total. The number of carbonyl (C=O) groups is 7. The van der Waals surface area contributed by atoms with Gasteiger partial charge in [-0.1, -0.05) is 57.4 Å². The van der Waals surface area contributed by atoms with Gasteiger partial charge in [0.25, 0.3) is 0 Å². The quantitative estimate of drug-likeness (QED) is 0.0459. The Hall–Kier alpha value is -7.09. The highest BCUT2D eigenvalue weighted by atomic mass is 19.1. The molecule has 2 aromatic carbocycles. The number of hydrogen-bond acceptors (Lipinski definition) is 16. The summed E-state index contributed by atoms with van der Waals surface area (Å²) in [6.07, 6.45) is 15.4. The highest BCUT2D eigenvalue weighted by Gasteiger charge is 2.47. The first-order chi connectivity index (χ1) is 47.2. The molecule has 0 bridgehead atoms. The fourth-order valence-electron chi connectivity index (χ4n) is 16.7. The van der Waals surface area contributed by atoms with E-state index in [2.05, 4.69) is 99.1 Å². The Balaban J connectivity index is 0.550. The second-order valence-corrected chi connectivity index (χ2v) is 30.4. The number of likely N-dealkylation sites (tertiary alicyclic amines) is 3. The Labute approximate surface area is 577 Å². The molecule has 6 heterocycles. The SMILES string of the molecule is CN[C@@H](C)C(=O)N[C@H](C(=O)N1C[C@@H](NC(=O)CCC(=O)NCCN(C)C2C[C@@H]3CN(CCC(=O)NCCCNc4cc(N5CCC6(CC5)CN(c5cc(F)c(CN7CCC(C)(C)CC7)cc5F)CC(=O)N6)ncn4)C[C@@H]3C2)C[C@H]1C(=O)NC1CCCc2ccccc21)C1CCCCC1. The van der Waals surface area contributed by atoms with Gasteiger partial charge in [0.2, 0.25) is 41.4 Å². The highest BCUT2D eigenvalue weighted by Crippen LogP contribution is 2.41. The zero-order chi connectivity index (χ0) is 69.1. The number of piperazine rings is 1. The molecule has 5 saturated heterocycles. The van der Waals surface area contributed by atoms with Gasteiger partial charge in [-0.2, -0.15) is 0 Å². The molecule has 2 unspecified atom stereocenters. The minimum Gasteiger partial charge on any atom is -0.370 e. The van der Waals surface area contributed by atoms with Crippen LogP contribution in [0.5, 0.6) is 0 Å². The van der Waals surface area contributed by atoms with E-state index in [0.29, 0.717) is 114 Å². The van der Waals surface area contributed by atoms with Gasteiger partial charge >= 0.3 is 0 Å². The molecule has 2 saturated carbocycles. The molecule has 7 amide bonds. The van der Waals surface area contributed by atoms with E-state index in [1.165, 1.54) is 24.0 Å². The molecular weight excluding hydrogens is 1250 g/mol. The molecule has 1 aromatic heterocycles. The van der Waals surface area contributed by atoms with Gasteiger partial charge < -0.3 is 67.0 Å². The van der Waals surface area contributed by atoms with Gasteiger partial charge in [-0.05, 0) is 158 Å². The van der Waals surface area contributed by atoms with Crippen LogP contribution >= 0.6 is 0 Å². The van der Waals surface area contributed by atoms with Crippen molar-refractivity contribution in [2.45, 2.75) is 191 Å². The summed E-state index contributed by atoms with van der Waals surface area (Å²) in [6.45, 7) is 14.8. The van der Waals surface area contributed by atoms with Crippen LogP contribution in [0.3, 0.4) is 0 Å². The summed E-state index contributed by atoms with van der Waals surface area (Å²) in [6, 6.07) is 10.1. The standard InChI is InChI=1S/C73H108F2N16O7/c1-48(76-4)69(96)84-68(50-14-7-6-8-15-50)71(98)91-44-54(38-61(91)70(97)83-59-18-11-16-49-13-9-10-17-56(49)59)82-66(94)20-19-64(92)79-28-34-86(5)55-35-51-41-88(42-52(51)36-55)29-21-65(93)78-27-12-26-77-62-40-63(81-47-80-62)89-32-24-73(25-33-89)46-90(45-67(95)85-73)60-39-57(74)53(37-58(60)75)43-87-30-22-72(2,3)23-31-87/h9-10,13,17,37,39-40,47-48,50-52,54-55,59,61,68,76H,6-8,11-12,14-16,18-36,38,41-46H2,1-5H3,(H,78,93)(H,79,92)(H,82,94)(H,83,97)(H,84,96)(H,85,95)(H,77,80,81)/t48-,51-,52+,54-,55?,59?,61-,68-/m0/s1. The second-order valence-electron chi connectivity index (χ2n) is 30.4. The number of fused-ring (bicyclic) bond motifs is 2. The van der Waals surface area contributed by atoms with Gasteiger partial charge in [0.15, 0.2) is 0 Å². The molecule has 98 heavy (non-hydrogen) atoms. The fraction of sp³-hybridized carbons (Fsp3) is 0.685. The molecule has 8 aliphatic rings. The maximum Gasteiger partial charge on any atom is 0.246 e. The molecule has 3 aromatic rings. The molecular formula is C73H108F2N16O7. The summed E-state index contributed by atoms with van der Waals surface area (Å²) in [7, 11) is 3.80. The van der Waals surface area contributed by atoms with Gasteiger partial charge in [-0.3, -0.25) is 38.5 Å². The van der Waals surface area contributed by atoms with Crippen molar-refractivity contribution in [3.05, 3.63) is 77.1 Å². The fourth-order valence-corrected chi connectivity index (χ4v) is 16.7. The van der Waals surface area contributed by atoms with Crippen LogP contribution in [0.2, 0.25) is 0 Å². The van der Waals surface area contributed by atoms with Crippen LogP contribution in [0.25, 0.3) is 0 Å². The first-order valence-corrected chi connectivity index (χ1v) is 36.7. The zero-order valence-corrected chi connectivity index (χ0v) is 58.5. The van der Waals surface area contributed by atoms with Gasteiger partial charge in [0, 0.05) is 128 Å². The molecule has 0 radical (unpaired) electrons. The number of aromatic nitrogens is 2. The van der Waals surface area contributed by atoms with Crippen LogP contribution in [0, 0.1) is 34.8 Å². The van der Waals surface area contributed by atoms with E-state index in [4.69, 9.17) is 0 Å². The van der Waals surface area contributed by atoms with Crippen molar-refractivity contribution >= 4 is 58.7 Å². The molecule has 5 aliphatic heterocycles. The summed E-state index contributed by atoms with van der Waals surface area (Å²) in [5, 5.41) is 25.0. The van der Waals surface area contributed by atoms with Crippen LogP contribution in [0.15, 0.2) is 48.8 Å². The molecule has 11 rings (SSSR count). The minimum absolute atomic E-state index is 0.00136. The lowest BCUT2D eigenvalue weighted by molar-refractivity contribution is -0.143. The number of nitrogens with one attached hydrogen (secondary N) is 8. The normalized spacial score (nSPS) is 24.7. The number of likely N-dealkylation sites (N-methyl/N-ethyl adjacent to an activating group) is 2. The Kier molecular flexibility index (Phi) is 24.3. The number of halogens is 2. The molecule has 3 aliphatic carbocycles. The number of anilines is 3. The largest absolute Gasteiger partial charge is 0.370 e. The monoisotopic (exact) mass is 1360 g/mol. The molecule has 23 nitrogen and oxygen atoms in total. The van der Waals surface area contributed by atoms with Crippen LogP contribution in [-0.4, -0.2) is 212 Å².